The van der Waals surface area contributed by atoms with E-state index in [4.69, 9.17) is 4.74 Å². The maximum absolute atomic E-state index is 13.8. The Morgan fingerprint density at radius 1 is 1.19 bits per heavy atom. The van der Waals surface area contributed by atoms with Gasteiger partial charge in [-0.1, -0.05) is 30.3 Å². The number of carbonyl (C=O) groups excluding carboxylic acids is 2. The molecule has 4 nitrogen and oxygen atoms in total. The standard InChI is InChI=1S/C20H20FNO3S/c1-13(19(23)22-15-10-11-15)25-20(24)16-7-3-5-9-18(16)26-12-14-6-2-4-8-17(14)21/h2-9,13,15H,10-12H2,1H3,(H,22,23)/t13-/m1/s1. The molecule has 1 saturated carbocycles. The molecule has 0 heterocycles. The number of benzene rings is 2. The molecule has 0 radical (unpaired) electrons. The van der Waals surface area contributed by atoms with Crippen molar-refractivity contribution in [2.24, 2.45) is 0 Å². The van der Waals surface area contributed by atoms with E-state index in [-0.39, 0.29) is 17.8 Å². The molecule has 0 spiro atoms. The summed E-state index contributed by atoms with van der Waals surface area (Å²) < 4.78 is 19.1. The van der Waals surface area contributed by atoms with Crippen molar-refractivity contribution in [3.63, 3.8) is 0 Å². The maximum Gasteiger partial charge on any atom is 0.340 e. The van der Waals surface area contributed by atoms with Gasteiger partial charge in [-0.25, -0.2) is 9.18 Å². The molecule has 136 valence electrons. The monoisotopic (exact) mass is 373 g/mol. The van der Waals surface area contributed by atoms with Gasteiger partial charge in [0.15, 0.2) is 6.10 Å². The predicted molar refractivity (Wildman–Crippen MR) is 98.4 cm³/mol. The number of carbonyl (C=O) groups is 2. The lowest BCUT2D eigenvalue weighted by atomic mass is 10.2. The third-order valence-electron chi connectivity index (χ3n) is 4.02. The summed E-state index contributed by atoms with van der Waals surface area (Å²) in [5.41, 5.74) is 0.942. The molecule has 0 bridgehead atoms. The van der Waals surface area contributed by atoms with E-state index in [1.807, 2.05) is 6.07 Å². The van der Waals surface area contributed by atoms with Crippen molar-refractivity contribution in [2.75, 3.05) is 0 Å². The van der Waals surface area contributed by atoms with E-state index in [1.165, 1.54) is 17.8 Å². The van der Waals surface area contributed by atoms with Crippen LogP contribution in [0.25, 0.3) is 0 Å². The van der Waals surface area contributed by atoms with Crippen LogP contribution in [0.4, 0.5) is 4.39 Å². The summed E-state index contributed by atoms with van der Waals surface area (Å²) in [6.45, 7) is 1.56. The smallest absolute Gasteiger partial charge is 0.340 e. The number of nitrogens with one attached hydrogen (secondary N) is 1. The molecule has 0 aromatic heterocycles. The average Bonchev–Trinajstić information content (AvgIpc) is 3.45. The Kier molecular flexibility index (Phi) is 5.93. The van der Waals surface area contributed by atoms with Crippen LogP contribution in [0.15, 0.2) is 53.4 Å². The van der Waals surface area contributed by atoms with Crippen LogP contribution in [-0.4, -0.2) is 24.0 Å². The molecule has 3 rings (SSSR count). The highest BCUT2D eigenvalue weighted by Gasteiger charge is 2.27. The first-order chi connectivity index (χ1) is 12.5. The zero-order chi connectivity index (χ0) is 18.5. The lowest BCUT2D eigenvalue weighted by Crippen LogP contribution is -2.37. The Balaban J connectivity index is 1.64. The Bertz CT molecular complexity index is 807. The molecular formula is C20H20FNO3S. The average molecular weight is 373 g/mol. The Morgan fingerprint density at radius 2 is 1.88 bits per heavy atom. The minimum Gasteiger partial charge on any atom is -0.449 e. The summed E-state index contributed by atoms with van der Waals surface area (Å²) in [6.07, 6.45) is 1.09. The van der Waals surface area contributed by atoms with Crippen molar-refractivity contribution < 1.29 is 18.7 Å². The predicted octanol–water partition coefficient (Wildman–Crippen LogP) is 3.94. The SMILES string of the molecule is C[C@@H](OC(=O)c1ccccc1SCc1ccccc1F)C(=O)NC1CC1. The van der Waals surface area contributed by atoms with Crippen LogP contribution in [0.1, 0.15) is 35.7 Å². The molecular weight excluding hydrogens is 353 g/mol. The van der Waals surface area contributed by atoms with Gasteiger partial charge in [0, 0.05) is 16.7 Å². The van der Waals surface area contributed by atoms with E-state index in [0.717, 1.165) is 12.8 Å². The topological polar surface area (TPSA) is 55.4 Å². The molecule has 1 atom stereocenters. The van der Waals surface area contributed by atoms with Gasteiger partial charge in [-0.2, -0.15) is 0 Å². The number of esters is 1. The van der Waals surface area contributed by atoms with Crippen molar-refractivity contribution in [3.05, 3.63) is 65.5 Å². The number of hydrogen-bond donors (Lipinski definition) is 1. The molecule has 26 heavy (non-hydrogen) atoms. The molecule has 0 aliphatic heterocycles. The minimum absolute atomic E-state index is 0.215. The molecule has 2 aromatic rings. The van der Waals surface area contributed by atoms with Crippen LogP contribution in [0, 0.1) is 5.82 Å². The van der Waals surface area contributed by atoms with Gasteiger partial charge in [0.05, 0.1) is 5.56 Å². The van der Waals surface area contributed by atoms with Gasteiger partial charge < -0.3 is 10.1 Å². The zero-order valence-electron chi connectivity index (χ0n) is 14.4. The summed E-state index contributed by atoms with van der Waals surface area (Å²) in [5, 5.41) is 2.81. The third kappa shape index (κ3) is 4.85. The lowest BCUT2D eigenvalue weighted by Gasteiger charge is -2.14. The van der Waals surface area contributed by atoms with Gasteiger partial charge in [0.25, 0.3) is 5.91 Å². The number of halogens is 1. The van der Waals surface area contributed by atoms with Crippen molar-refractivity contribution in [2.45, 2.75) is 42.6 Å². The molecule has 6 heteroatoms. The number of hydrogen-bond acceptors (Lipinski definition) is 4. The molecule has 1 amide bonds. The molecule has 1 N–H and O–H groups in total. The normalized spacial score (nSPS) is 14.5. The van der Waals surface area contributed by atoms with Crippen LogP contribution >= 0.6 is 11.8 Å². The van der Waals surface area contributed by atoms with Gasteiger partial charge in [-0.15, -0.1) is 11.8 Å². The van der Waals surface area contributed by atoms with E-state index in [0.29, 0.717) is 21.8 Å². The fraction of sp³-hybridized carbons (Fsp3) is 0.300. The summed E-state index contributed by atoms with van der Waals surface area (Å²) in [4.78, 5) is 25.1. The summed E-state index contributed by atoms with van der Waals surface area (Å²) in [5.74, 6) is -0.711. The van der Waals surface area contributed by atoms with Crippen LogP contribution in [0.5, 0.6) is 0 Å². The second-order valence-electron chi connectivity index (χ2n) is 6.21. The first-order valence-electron chi connectivity index (χ1n) is 8.51. The van der Waals surface area contributed by atoms with E-state index >= 15 is 0 Å². The van der Waals surface area contributed by atoms with Crippen LogP contribution in [0.2, 0.25) is 0 Å². The molecule has 1 fully saturated rings. The first kappa shape index (κ1) is 18.5. The van der Waals surface area contributed by atoms with Crippen LogP contribution in [0.3, 0.4) is 0 Å². The molecule has 1 aliphatic carbocycles. The minimum atomic E-state index is -0.854. The van der Waals surface area contributed by atoms with Crippen molar-refractivity contribution in [1.82, 2.24) is 5.32 Å². The number of amides is 1. The first-order valence-corrected chi connectivity index (χ1v) is 9.49. The fourth-order valence-electron chi connectivity index (χ4n) is 2.36. The van der Waals surface area contributed by atoms with Crippen LogP contribution in [-0.2, 0) is 15.3 Å². The quantitative estimate of drug-likeness (QED) is 0.590. The highest BCUT2D eigenvalue weighted by Crippen LogP contribution is 2.28. The van der Waals surface area contributed by atoms with Gasteiger partial charge in [0.1, 0.15) is 5.82 Å². The summed E-state index contributed by atoms with van der Waals surface area (Å²) in [6, 6.07) is 13.7. The third-order valence-corrected chi connectivity index (χ3v) is 5.15. The van der Waals surface area contributed by atoms with Crippen LogP contribution < -0.4 is 5.32 Å². The van der Waals surface area contributed by atoms with Gasteiger partial charge in [-0.05, 0) is 43.5 Å². The maximum atomic E-state index is 13.8. The molecule has 0 saturated heterocycles. The second kappa shape index (κ2) is 8.36. The Labute approximate surface area is 156 Å². The van der Waals surface area contributed by atoms with E-state index < -0.39 is 12.1 Å². The highest BCUT2D eigenvalue weighted by atomic mass is 32.2. The highest BCUT2D eigenvalue weighted by molar-refractivity contribution is 7.98. The van der Waals surface area contributed by atoms with Crippen molar-refractivity contribution in [1.29, 1.82) is 0 Å². The molecule has 1 aliphatic rings. The number of rotatable bonds is 7. The van der Waals surface area contributed by atoms with Gasteiger partial charge in [0.2, 0.25) is 0 Å². The summed E-state index contributed by atoms with van der Waals surface area (Å²) >= 11 is 1.36. The fourth-order valence-corrected chi connectivity index (χ4v) is 3.38. The Hall–Kier alpha value is -2.34. The second-order valence-corrected chi connectivity index (χ2v) is 7.22. The van der Waals surface area contributed by atoms with E-state index in [9.17, 15) is 14.0 Å². The Morgan fingerprint density at radius 3 is 2.62 bits per heavy atom. The van der Waals surface area contributed by atoms with Crippen molar-refractivity contribution >= 4 is 23.6 Å². The van der Waals surface area contributed by atoms with E-state index in [2.05, 4.69) is 5.32 Å². The molecule has 0 unspecified atom stereocenters. The van der Waals surface area contributed by atoms with Gasteiger partial charge >= 0.3 is 5.97 Å². The summed E-state index contributed by atoms with van der Waals surface area (Å²) in [7, 11) is 0. The van der Waals surface area contributed by atoms with E-state index in [1.54, 1.807) is 43.3 Å². The zero-order valence-corrected chi connectivity index (χ0v) is 15.2. The van der Waals surface area contributed by atoms with Gasteiger partial charge in [-0.3, -0.25) is 4.79 Å². The number of thioether (sulfide) groups is 1. The largest absolute Gasteiger partial charge is 0.449 e. The number of ether oxygens (including phenoxy) is 1. The van der Waals surface area contributed by atoms with Crippen molar-refractivity contribution in [3.8, 4) is 0 Å². The lowest BCUT2D eigenvalue weighted by molar-refractivity contribution is -0.129. The molecule has 2 aromatic carbocycles.